The van der Waals surface area contributed by atoms with Gasteiger partial charge >= 0.3 is 63.3 Å². The molecule has 0 heterocycles. The number of carbonyl (C=O) groups is 2. The van der Waals surface area contributed by atoms with E-state index in [-0.39, 0.29) is 57.8 Å². The summed E-state index contributed by atoms with van der Waals surface area (Å²) >= 11 is 0. The molecule has 0 unspecified atom stereocenters. The van der Waals surface area contributed by atoms with Gasteiger partial charge in [0.25, 0.3) is 0 Å². The molecule has 0 aromatic rings. The molecule has 5 heteroatoms. The van der Waals surface area contributed by atoms with Crippen LogP contribution in [-0.4, -0.2) is 73.5 Å². The van der Waals surface area contributed by atoms with Gasteiger partial charge in [0.15, 0.2) is 5.41 Å². The SMILES string of the molecule is CCCCCCCCCCCCC(C)(C(=O)O)C(=O)O.[KH]. The zero-order chi connectivity index (χ0) is 15.4. The van der Waals surface area contributed by atoms with Crippen molar-refractivity contribution in [2.45, 2.75) is 84.5 Å². The molecule has 0 atom stereocenters. The molecule has 0 saturated heterocycles. The van der Waals surface area contributed by atoms with E-state index < -0.39 is 17.4 Å². The minimum atomic E-state index is -1.62. The first-order valence-electron chi connectivity index (χ1n) is 7.92. The van der Waals surface area contributed by atoms with Crippen LogP contribution in [0.1, 0.15) is 84.5 Å². The minimum absolute atomic E-state index is 0. The molecule has 0 aliphatic carbocycles. The Labute approximate surface area is 171 Å². The molecule has 0 saturated carbocycles. The van der Waals surface area contributed by atoms with Gasteiger partial charge in [-0.1, -0.05) is 71.1 Å². The molecule has 0 fully saturated rings. The van der Waals surface area contributed by atoms with E-state index in [1.54, 1.807) is 0 Å². The standard InChI is InChI=1S/C16H30O4.K.H/c1-3-4-5-6-7-8-9-10-11-12-13-16(2,14(17)18)15(19)20;;/h3-13H2,1-2H3,(H,17,18)(H,19,20);;. The second kappa shape index (κ2) is 14.2. The zero-order valence-electron chi connectivity index (χ0n) is 13.0. The number of hydrogen-bond acceptors (Lipinski definition) is 2. The van der Waals surface area contributed by atoms with Crippen LogP contribution in [-0.2, 0) is 9.59 Å². The molecular weight excluding hydrogens is 295 g/mol. The Morgan fingerprint density at radius 1 is 0.762 bits per heavy atom. The quantitative estimate of drug-likeness (QED) is 0.306. The number of hydrogen-bond donors (Lipinski definition) is 2. The van der Waals surface area contributed by atoms with E-state index in [1.807, 2.05) is 0 Å². The van der Waals surface area contributed by atoms with Crippen LogP contribution in [0.4, 0.5) is 0 Å². The molecule has 0 aromatic heterocycles. The zero-order valence-corrected chi connectivity index (χ0v) is 13.0. The third-order valence-electron chi connectivity index (χ3n) is 3.97. The Morgan fingerprint density at radius 2 is 1.10 bits per heavy atom. The maximum absolute atomic E-state index is 11.0. The van der Waals surface area contributed by atoms with Crippen LogP contribution in [0.15, 0.2) is 0 Å². The van der Waals surface area contributed by atoms with Gasteiger partial charge in [0, 0.05) is 0 Å². The predicted molar refractivity (Wildman–Crippen MR) is 87.0 cm³/mol. The van der Waals surface area contributed by atoms with Crippen LogP contribution < -0.4 is 0 Å². The van der Waals surface area contributed by atoms with Gasteiger partial charge in [0.2, 0.25) is 0 Å². The van der Waals surface area contributed by atoms with E-state index in [0.29, 0.717) is 6.42 Å². The van der Waals surface area contributed by atoms with E-state index in [1.165, 1.54) is 51.9 Å². The van der Waals surface area contributed by atoms with Gasteiger partial charge in [-0.3, -0.25) is 9.59 Å². The van der Waals surface area contributed by atoms with Crippen LogP contribution in [0.5, 0.6) is 0 Å². The monoisotopic (exact) mass is 326 g/mol. The van der Waals surface area contributed by atoms with Gasteiger partial charge in [-0.25, -0.2) is 0 Å². The summed E-state index contributed by atoms with van der Waals surface area (Å²) in [6.07, 6.45) is 11.8. The Bertz CT molecular complexity index is 278. The van der Waals surface area contributed by atoms with E-state index >= 15 is 0 Å². The first-order chi connectivity index (χ1) is 9.45. The van der Waals surface area contributed by atoms with Crippen LogP contribution in [0, 0.1) is 5.41 Å². The Morgan fingerprint density at radius 3 is 1.43 bits per heavy atom. The van der Waals surface area contributed by atoms with Gasteiger partial charge in [-0.05, 0) is 13.3 Å². The van der Waals surface area contributed by atoms with Crippen molar-refractivity contribution in [3.63, 3.8) is 0 Å². The Balaban J connectivity index is 0. The summed E-state index contributed by atoms with van der Waals surface area (Å²) in [5.41, 5.74) is -1.62. The normalized spacial score (nSPS) is 11.0. The average molecular weight is 327 g/mol. The van der Waals surface area contributed by atoms with Crippen molar-refractivity contribution in [3.05, 3.63) is 0 Å². The van der Waals surface area contributed by atoms with E-state index in [9.17, 15) is 9.59 Å². The van der Waals surface area contributed by atoms with Gasteiger partial charge in [-0.2, -0.15) is 0 Å². The number of carboxylic acid groups (broad SMARTS) is 2. The van der Waals surface area contributed by atoms with Gasteiger partial charge in [0.05, 0.1) is 0 Å². The summed E-state index contributed by atoms with van der Waals surface area (Å²) in [5.74, 6) is -2.47. The number of rotatable bonds is 13. The molecule has 0 bridgehead atoms. The molecule has 0 aromatic carbocycles. The molecule has 0 aliphatic heterocycles. The van der Waals surface area contributed by atoms with Crippen molar-refractivity contribution in [2.75, 3.05) is 0 Å². The molecule has 0 spiro atoms. The first-order valence-corrected chi connectivity index (χ1v) is 7.92. The van der Waals surface area contributed by atoms with Crippen LogP contribution in [0.2, 0.25) is 0 Å². The van der Waals surface area contributed by atoms with E-state index in [2.05, 4.69) is 6.92 Å². The number of aliphatic carboxylic acids is 2. The third kappa shape index (κ3) is 10.9. The average Bonchev–Trinajstić information content (AvgIpc) is 2.40. The fraction of sp³-hybridized carbons (Fsp3) is 0.875. The van der Waals surface area contributed by atoms with Gasteiger partial charge in [-0.15, -0.1) is 0 Å². The molecule has 4 nitrogen and oxygen atoms in total. The predicted octanol–water partition coefficient (Wildman–Crippen LogP) is 3.82. The molecule has 0 amide bonds. The number of carboxylic acids is 2. The Kier molecular flexibility index (Phi) is 16.1. The molecule has 2 N–H and O–H groups in total. The van der Waals surface area contributed by atoms with E-state index in [0.717, 1.165) is 12.8 Å². The first kappa shape index (κ1) is 23.8. The summed E-state index contributed by atoms with van der Waals surface area (Å²) in [5, 5.41) is 17.9. The Hall–Kier alpha value is 0.576. The topological polar surface area (TPSA) is 74.6 Å². The van der Waals surface area contributed by atoms with Crippen molar-refractivity contribution in [2.24, 2.45) is 5.41 Å². The molecule has 0 radical (unpaired) electrons. The summed E-state index contributed by atoms with van der Waals surface area (Å²) in [6.45, 7) is 3.51. The van der Waals surface area contributed by atoms with Gasteiger partial charge < -0.3 is 10.2 Å². The van der Waals surface area contributed by atoms with Crippen LogP contribution in [0.25, 0.3) is 0 Å². The summed E-state index contributed by atoms with van der Waals surface area (Å²) in [7, 11) is 0. The van der Waals surface area contributed by atoms with Crippen molar-refractivity contribution >= 4 is 63.3 Å². The molecular formula is C16H31KO4. The molecule has 120 valence electrons. The second-order valence-electron chi connectivity index (χ2n) is 5.87. The van der Waals surface area contributed by atoms with Crippen molar-refractivity contribution < 1.29 is 19.8 Å². The van der Waals surface area contributed by atoms with Crippen LogP contribution in [0.3, 0.4) is 0 Å². The summed E-state index contributed by atoms with van der Waals surface area (Å²) in [6, 6.07) is 0. The molecule has 0 rings (SSSR count). The van der Waals surface area contributed by atoms with Crippen molar-refractivity contribution in [1.82, 2.24) is 0 Å². The number of unbranched alkanes of at least 4 members (excludes halogenated alkanes) is 9. The second-order valence-corrected chi connectivity index (χ2v) is 5.87. The van der Waals surface area contributed by atoms with Crippen molar-refractivity contribution in [1.29, 1.82) is 0 Å². The van der Waals surface area contributed by atoms with Gasteiger partial charge in [0.1, 0.15) is 0 Å². The summed E-state index contributed by atoms with van der Waals surface area (Å²) in [4.78, 5) is 21.9. The fourth-order valence-electron chi connectivity index (χ4n) is 2.27. The molecule has 21 heavy (non-hydrogen) atoms. The molecule has 0 aliphatic rings. The maximum atomic E-state index is 11.0. The third-order valence-corrected chi connectivity index (χ3v) is 3.97. The summed E-state index contributed by atoms with van der Waals surface area (Å²) < 4.78 is 0. The fourth-order valence-corrected chi connectivity index (χ4v) is 2.27. The van der Waals surface area contributed by atoms with Crippen LogP contribution >= 0.6 is 0 Å². The van der Waals surface area contributed by atoms with Crippen molar-refractivity contribution in [3.8, 4) is 0 Å². The van der Waals surface area contributed by atoms with E-state index in [4.69, 9.17) is 10.2 Å².